The first-order valence-electron chi connectivity index (χ1n) is 4.50. The lowest BCUT2D eigenvalue weighted by Gasteiger charge is -2.14. The maximum atomic E-state index is 13.5. The molecule has 14 heavy (non-hydrogen) atoms. The van der Waals surface area contributed by atoms with E-state index in [4.69, 9.17) is 17.3 Å². The van der Waals surface area contributed by atoms with Gasteiger partial charge in [0.25, 0.3) is 0 Å². The van der Waals surface area contributed by atoms with Gasteiger partial charge >= 0.3 is 0 Å². The standard InChI is InChI=1S/C10H11ClFNS/c11-7-1-2-8(12)10-6(7)5-14-4-3-9(10)13/h1-2,9H,3-5,13H2/t9-/m0/s1. The molecule has 0 saturated heterocycles. The van der Waals surface area contributed by atoms with E-state index in [1.54, 1.807) is 17.8 Å². The normalized spacial score (nSPS) is 21.5. The molecular weight excluding hydrogens is 221 g/mol. The molecule has 0 saturated carbocycles. The predicted molar refractivity (Wildman–Crippen MR) is 59.1 cm³/mol. The second-order valence-corrected chi connectivity index (χ2v) is 4.88. The quantitative estimate of drug-likeness (QED) is 0.743. The molecule has 1 heterocycles. The van der Waals surface area contributed by atoms with Gasteiger partial charge in [-0.3, -0.25) is 0 Å². The van der Waals surface area contributed by atoms with Crippen molar-refractivity contribution in [2.24, 2.45) is 5.73 Å². The molecular formula is C10H11ClFNS. The molecule has 1 nitrogen and oxygen atoms in total. The molecule has 0 radical (unpaired) electrons. The SMILES string of the molecule is N[C@H]1CCSCc2c(Cl)ccc(F)c21. The zero-order valence-electron chi connectivity index (χ0n) is 7.59. The van der Waals surface area contributed by atoms with Crippen LogP contribution in [0.25, 0.3) is 0 Å². The van der Waals surface area contributed by atoms with Gasteiger partial charge in [0.2, 0.25) is 0 Å². The van der Waals surface area contributed by atoms with E-state index >= 15 is 0 Å². The highest BCUT2D eigenvalue weighted by Crippen LogP contribution is 2.35. The minimum Gasteiger partial charge on any atom is -0.324 e. The van der Waals surface area contributed by atoms with Crippen LogP contribution < -0.4 is 5.73 Å². The fourth-order valence-electron chi connectivity index (χ4n) is 1.69. The Morgan fingerprint density at radius 2 is 2.29 bits per heavy atom. The highest BCUT2D eigenvalue weighted by molar-refractivity contribution is 7.98. The van der Waals surface area contributed by atoms with E-state index in [-0.39, 0.29) is 11.9 Å². The molecule has 0 aromatic heterocycles. The average Bonchev–Trinajstić information content (AvgIpc) is 2.35. The summed E-state index contributed by atoms with van der Waals surface area (Å²) in [6, 6.07) is 2.80. The van der Waals surface area contributed by atoms with Crippen LogP contribution in [0.4, 0.5) is 4.39 Å². The number of hydrogen-bond acceptors (Lipinski definition) is 2. The number of benzene rings is 1. The number of thioether (sulfide) groups is 1. The summed E-state index contributed by atoms with van der Waals surface area (Å²) < 4.78 is 13.5. The van der Waals surface area contributed by atoms with Crippen molar-refractivity contribution in [2.75, 3.05) is 5.75 Å². The van der Waals surface area contributed by atoms with Crippen molar-refractivity contribution in [3.63, 3.8) is 0 Å². The maximum Gasteiger partial charge on any atom is 0.128 e. The molecule has 1 aromatic rings. The molecule has 2 N–H and O–H groups in total. The summed E-state index contributed by atoms with van der Waals surface area (Å²) in [6.07, 6.45) is 0.814. The van der Waals surface area contributed by atoms with Gasteiger partial charge in [-0.25, -0.2) is 4.39 Å². The Hall–Kier alpha value is -0.250. The Kier molecular flexibility index (Phi) is 3.00. The highest BCUT2D eigenvalue weighted by atomic mass is 35.5. The Morgan fingerprint density at radius 1 is 1.50 bits per heavy atom. The van der Waals surface area contributed by atoms with Crippen LogP contribution in [0, 0.1) is 5.82 Å². The summed E-state index contributed by atoms with van der Waals surface area (Å²) in [7, 11) is 0. The van der Waals surface area contributed by atoms with Crippen molar-refractivity contribution < 1.29 is 4.39 Å². The van der Waals surface area contributed by atoms with Gasteiger partial charge in [0.15, 0.2) is 0 Å². The summed E-state index contributed by atoms with van der Waals surface area (Å²) in [5.41, 5.74) is 7.39. The van der Waals surface area contributed by atoms with Gasteiger partial charge in [0.05, 0.1) is 0 Å². The van der Waals surface area contributed by atoms with Crippen LogP contribution in [0.15, 0.2) is 12.1 Å². The van der Waals surface area contributed by atoms with Gasteiger partial charge in [-0.05, 0) is 29.9 Å². The van der Waals surface area contributed by atoms with Crippen molar-refractivity contribution >= 4 is 23.4 Å². The first kappa shape index (κ1) is 10.3. The van der Waals surface area contributed by atoms with E-state index in [1.807, 2.05) is 0 Å². The van der Waals surface area contributed by atoms with E-state index in [1.165, 1.54) is 6.07 Å². The summed E-state index contributed by atoms with van der Waals surface area (Å²) in [5.74, 6) is 1.50. The number of fused-ring (bicyclic) bond motifs is 1. The fraction of sp³-hybridized carbons (Fsp3) is 0.400. The van der Waals surface area contributed by atoms with Crippen LogP contribution in [0.1, 0.15) is 23.6 Å². The van der Waals surface area contributed by atoms with E-state index in [0.29, 0.717) is 10.6 Å². The van der Waals surface area contributed by atoms with E-state index < -0.39 is 0 Å². The average molecular weight is 232 g/mol. The molecule has 0 aliphatic carbocycles. The van der Waals surface area contributed by atoms with Crippen LogP contribution in [0.5, 0.6) is 0 Å². The van der Waals surface area contributed by atoms with E-state index in [0.717, 1.165) is 23.5 Å². The van der Waals surface area contributed by atoms with Crippen molar-refractivity contribution in [3.8, 4) is 0 Å². The van der Waals surface area contributed by atoms with Crippen molar-refractivity contribution in [1.82, 2.24) is 0 Å². The van der Waals surface area contributed by atoms with Gasteiger partial charge < -0.3 is 5.73 Å². The first-order valence-corrected chi connectivity index (χ1v) is 6.03. The smallest absolute Gasteiger partial charge is 0.128 e. The van der Waals surface area contributed by atoms with Gasteiger partial charge in [-0.2, -0.15) is 11.8 Å². The van der Waals surface area contributed by atoms with Crippen molar-refractivity contribution in [2.45, 2.75) is 18.2 Å². The molecule has 0 fully saturated rings. The molecule has 1 aliphatic heterocycles. The van der Waals surface area contributed by atoms with Gasteiger partial charge in [-0.1, -0.05) is 11.6 Å². The lowest BCUT2D eigenvalue weighted by Crippen LogP contribution is -2.13. The monoisotopic (exact) mass is 231 g/mol. The van der Waals surface area contributed by atoms with Crippen molar-refractivity contribution in [1.29, 1.82) is 0 Å². The largest absolute Gasteiger partial charge is 0.324 e. The van der Waals surface area contributed by atoms with Crippen LogP contribution in [0.3, 0.4) is 0 Å². The third kappa shape index (κ3) is 1.76. The minimum absolute atomic E-state index is 0.210. The van der Waals surface area contributed by atoms with Crippen LogP contribution in [-0.2, 0) is 5.75 Å². The second kappa shape index (κ2) is 4.09. The number of rotatable bonds is 0. The summed E-state index contributed by atoms with van der Waals surface area (Å²) in [6.45, 7) is 0. The third-order valence-electron chi connectivity index (χ3n) is 2.44. The Balaban J connectivity index is 2.57. The lowest BCUT2D eigenvalue weighted by molar-refractivity contribution is 0.575. The van der Waals surface area contributed by atoms with Crippen LogP contribution in [0.2, 0.25) is 5.02 Å². The van der Waals surface area contributed by atoms with E-state index in [2.05, 4.69) is 0 Å². The topological polar surface area (TPSA) is 26.0 Å². The molecule has 4 heteroatoms. The highest BCUT2D eigenvalue weighted by Gasteiger charge is 2.21. The van der Waals surface area contributed by atoms with Crippen molar-refractivity contribution in [3.05, 3.63) is 34.1 Å². The summed E-state index contributed by atoms with van der Waals surface area (Å²) in [5, 5.41) is 0.631. The summed E-state index contributed by atoms with van der Waals surface area (Å²) >= 11 is 7.77. The van der Waals surface area contributed by atoms with Crippen LogP contribution >= 0.6 is 23.4 Å². The molecule has 1 aliphatic rings. The molecule has 2 rings (SSSR count). The lowest BCUT2D eigenvalue weighted by atomic mass is 9.99. The Bertz CT molecular complexity index is 356. The van der Waals surface area contributed by atoms with Gasteiger partial charge in [0, 0.05) is 22.4 Å². The molecule has 0 bridgehead atoms. The predicted octanol–water partition coefficient (Wildman–Crippen LogP) is 3.12. The number of halogens is 2. The Labute approximate surface area is 91.8 Å². The first-order chi connectivity index (χ1) is 6.70. The molecule has 0 spiro atoms. The zero-order chi connectivity index (χ0) is 10.1. The third-order valence-corrected chi connectivity index (χ3v) is 3.81. The second-order valence-electron chi connectivity index (χ2n) is 3.37. The number of nitrogens with two attached hydrogens (primary N) is 1. The minimum atomic E-state index is -0.223. The number of hydrogen-bond donors (Lipinski definition) is 1. The fourth-order valence-corrected chi connectivity index (χ4v) is 3.08. The molecule has 1 atom stereocenters. The van der Waals surface area contributed by atoms with Crippen LogP contribution in [-0.4, -0.2) is 5.75 Å². The zero-order valence-corrected chi connectivity index (χ0v) is 9.17. The molecule has 1 aromatic carbocycles. The Morgan fingerprint density at radius 3 is 3.07 bits per heavy atom. The molecule has 0 amide bonds. The van der Waals surface area contributed by atoms with E-state index in [9.17, 15) is 4.39 Å². The van der Waals surface area contributed by atoms with Gasteiger partial charge in [0.1, 0.15) is 5.82 Å². The van der Waals surface area contributed by atoms with Gasteiger partial charge in [-0.15, -0.1) is 0 Å². The molecule has 0 unspecified atom stereocenters. The summed E-state index contributed by atoms with van der Waals surface area (Å²) in [4.78, 5) is 0. The molecule has 76 valence electrons. The maximum absolute atomic E-state index is 13.5.